The van der Waals surface area contributed by atoms with E-state index in [-0.39, 0.29) is 37.2 Å². The van der Waals surface area contributed by atoms with Crippen molar-refractivity contribution in [3.63, 3.8) is 0 Å². The Morgan fingerprint density at radius 1 is 1.18 bits per heavy atom. The summed E-state index contributed by atoms with van der Waals surface area (Å²) in [5.41, 5.74) is 7.16. The van der Waals surface area contributed by atoms with Gasteiger partial charge in [0.1, 0.15) is 11.8 Å². The van der Waals surface area contributed by atoms with Gasteiger partial charge in [-0.2, -0.15) is 0 Å². The maximum atomic E-state index is 13.1. The smallest absolute Gasteiger partial charge is 0.242 e. The average Bonchev–Trinajstić information content (AvgIpc) is 3.02. The number of fused-ring (bicyclic) bond motifs is 4. The van der Waals surface area contributed by atoms with Crippen LogP contribution in [0.2, 0.25) is 0 Å². The van der Waals surface area contributed by atoms with Gasteiger partial charge in [-0.15, -0.1) is 0 Å². The van der Waals surface area contributed by atoms with Crippen LogP contribution < -0.4 is 21.1 Å². The third kappa shape index (κ3) is 10.9. The number of benzene rings is 1. The van der Waals surface area contributed by atoms with Crippen molar-refractivity contribution in [2.75, 3.05) is 26.3 Å². The topological polar surface area (TPSA) is 164 Å². The number of rotatable bonds is 5. The zero-order chi connectivity index (χ0) is 32.1. The first-order chi connectivity index (χ1) is 21.0. The van der Waals surface area contributed by atoms with Crippen molar-refractivity contribution in [3.8, 4) is 5.75 Å². The standard InChI is InChI=1S/C28H36N4O4.C5H11NO2/c1-20-6-8-24-16-23(20)18-30-28(35)25(9-7-21-4-2-13-29-17-21)31-26(33)10-11-27(34)32-14-3-5-22(19-32)12-15-36-24;1-5(2,3-7)4(6)8/h2,4,6,8,13,16-17,22,25H,3,5,7,9-12,14-15,18-19H2,1H3,(H,30,35)(H,31,33);7H,3H2,1-2H3,(H2,6,8). The molecule has 0 radical (unpaired) electrons. The molecule has 4 bridgehead atoms. The Kier molecular flexibility index (Phi) is 13.1. The molecule has 1 saturated heterocycles. The molecule has 2 unspecified atom stereocenters. The van der Waals surface area contributed by atoms with Crippen molar-refractivity contribution < 1.29 is 29.0 Å². The molecule has 11 nitrogen and oxygen atoms in total. The molecule has 1 fully saturated rings. The molecule has 4 rings (SSSR count). The van der Waals surface area contributed by atoms with Crippen LogP contribution in [0.3, 0.4) is 0 Å². The van der Waals surface area contributed by atoms with Crippen LogP contribution in [-0.2, 0) is 32.1 Å². The number of pyridine rings is 1. The zero-order valence-electron chi connectivity index (χ0n) is 26.1. The van der Waals surface area contributed by atoms with Crippen LogP contribution in [0.4, 0.5) is 0 Å². The predicted octanol–water partition coefficient (Wildman–Crippen LogP) is 2.42. The summed E-state index contributed by atoms with van der Waals surface area (Å²) >= 11 is 0. The van der Waals surface area contributed by atoms with Gasteiger partial charge in [-0.1, -0.05) is 12.1 Å². The number of carbonyl (C=O) groups excluding carboxylic acids is 4. The maximum absolute atomic E-state index is 13.1. The third-order valence-corrected chi connectivity index (χ3v) is 8.16. The van der Waals surface area contributed by atoms with E-state index in [0.29, 0.717) is 38.5 Å². The van der Waals surface area contributed by atoms with Gasteiger partial charge in [-0.05, 0) is 93.7 Å². The van der Waals surface area contributed by atoms with Gasteiger partial charge in [-0.25, -0.2) is 0 Å². The van der Waals surface area contributed by atoms with Gasteiger partial charge < -0.3 is 31.1 Å². The molecule has 44 heavy (non-hydrogen) atoms. The summed E-state index contributed by atoms with van der Waals surface area (Å²) in [4.78, 5) is 55.0. The summed E-state index contributed by atoms with van der Waals surface area (Å²) in [6.07, 6.45) is 7.65. The number of ether oxygens (including phenoxy) is 1. The molecule has 2 aromatic rings. The number of nitrogens with one attached hydrogen (secondary N) is 2. The predicted molar refractivity (Wildman–Crippen MR) is 166 cm³/mol. The number of piperidine rings is 1. The van der Waals surface area contributed by atoms with Gasteiger partial charge in [-0.3, -0.25) is 24.2 Å². The van der Waals surface area contributed by atoms with Crippen LogP contribution in [-0.4, -0.2) is 71.0 Å². The molecule has 11 heteroatoms. The van der Waals surface area contributed by atoms with Crippen LogP contribution in [0.5, 0.6) is 5.75 Å². The molecule has 0 spiro atoms. The van der Waals surface area contributed by atoms with Crippen LogP contribution >= 0.6 is 0 Å². The van der Waals surface area contributed by atoms with E-state index in [9.17, 15) is 19.2 Å². The van der Waals surface area contributed by atoms with Crippen molar-refractivity contribution >= 4 is 23.6 Å². The summed E-state index contributed by atoms with van der Waals surface area (Å²) in [5.74, 6) is 0.171. The van der Waals surface area contributed by atoms with E-state index in [1.807, 2.05) is 42.2 Å². The molecular weight excluding hydrogens is 562 g/mol. The maximum Gasteiger partial charge on any atom is 0.242 e. The summed E-state index contributed by atoms with van der Waals surface area (Å²) in [6, 6.07) is 9.02. The Labute approximate surface area is 259 Å². The molecule has 240 valence electrons. The molecule has 2 atom stereocenters. The highest BCUT2D eigenvalue weighted by Gasteiger charge is 2.26. The number of aliphatic hydroxyl groups is 1. The molecule has 1 aromatic carbocycles. The second-order valence-corrected chi connectivity index (χ2v) is 12.2. The number of amides is 4. The van der Waals surface area contributed by atoms with E-state index in [0.717, 1.165) is 48.2 Å². The van der Waals surface area contributed by atoms with Crippen LogP contribution in [0, 0.1) is 18.3 Å². The van der Waals surface area contributed by atoms with E-state index in [4.69, 9.17) is 15.6 Å². The van der Waals surface area contributed by atoms with E-state index < -0.39 is 17.4 Å². The summed E-state index contributed by atoms with van der Waals surface area (Å²) in [7, 11) is 0. The van der Waals surface area contributed by atoms with Gasteiger partial charge in [0, 0.05) is 44.9 Å². The molecule has 4 amide bonds. The van der Waals surface area contributed by atoms with E-state index in [2.05, 4.69) is 15.6 Å². The largest absolute Gasteiger partial charge is 0.494 e. The highest BCUT2D eigenvalue weighted by molar-refractivity contribution is 5.89. The lowest BCUT2D eigenvalue weighted by atomic mass is 9.94. The Bertz CT molecular complexity index is 1270. The fourth-order valence-electron chi connectivity index (χ4n) is 4.95. The van der Waals surface area contributed by atoms with E-state index in [1.54, 1.807) is 26.2 Å². The minimum absolute atomic E-state index is 0.00331. The number of aryl methyl sites for hydroxylation is 2. The summed E-state index contributed by atoms with van der Waals surface area (Å²) < 4.78 is 6.04. The number of carbonyl (C=O) groups is 4. The molecule has 2 aliphatic heterocycles. The van der Waals surface area contributed by atoms with Crippen molar-refractivity contribution in [2.45, 2.75) is 78.3 Å². The number of aromatic nitrogens is 1. The summed E-state index contributed by atoms with van der Waals surface area (Å²) in [5, 5.41) is 14.3. The van der Waals surface area contributed by atoms with Crippen molar-refractivity contribution in [2.24, 2.45) is 17.1 Å². The highest BCUT2D eigenvalue weighted by Crippen LogP contribution is 2.23. The minimum Gasteiger partial charge on any atom is -0.494 e. The van der Waals surface area contributed by atoms with Crippen molar-refractivity contribution in [1.29, 1.82) is 0 Å². The second-order valence-electron chi connectivity index (χ2n) is 12.2. The van der Waals surface area contributed by atoms with E-state index in [1.165, 1.54) is 0 Å². The first-order valence-corrected chi connectivity index (χ1v) is 15.4. The van der Waals surface area contributed by atoms with Crippen LogP contribution in [0.15, 0.2) is 42.7 Å². The molecule has 2 aliphatic rings. The highest BCUT2D eigenvalue weighted by atomic mass is 16.5. The Balaban J connectivity index is 0.000000583. The van der Waals surface area contributed by atoms with Crippen molar-refractivity contribution in [1.82, 2.24) is 20.5 Å². The normalized spacial score (nSPS) is 20.1. The van der Waals surface area contributed by atoms with Gasteiger partial charge in [0.05, 0.1) is 18.6 Å². The lowest BCUT2D eigenvalue weighted by Gasteiger charge is -2.33. The van der Waals surface area contributed by atoms with Gasteiger partial charge in [0.2, 0.25) is 23.6 Å². The molecule has 0 saturated carbocycles. The van der Waals surface area contributed by atoms with Gasteiger partial charge in [0.15, 0.2) is 0 Å². The number of nitrogens with zero attached hydrogens (tertiary/aromatic N) is 2. The minimum atomic E-state index is -0.764. The molecule has 1 aromatic heterocycles. The first-order valence-electron chi connectivity index (χ1n) is 15.4. The fraction of sp³-hybridized carbons (Fsp3) is 0.545. The quantitative estimate of drug-likeness (QED) is 0.404. The zero-order valence-corrected chi connectivity index (χ0v) is 26.1. The first kappa shape index (κ1) is 34.5. The summed E-state index contributed by atoms with van der Waals surface area (Å²) in [6.45, 7) is 7.37. The third-order valence-electron chi connectivity index (χ3n) is 8.16. The molecule has 0 aliphatic carbocycles. The lowest BCUT2D eigenvalue weighted by molar-refractivity contribution is -0.135. The van der Waals surface area contributed by atoms with Crippen LogP contribution in [0.1, 0.15) is 69.1 Å². The lowest BCUT2D eigenvalue weighted by Crippen LogP contribution is -2.47. The number of primary amides is 1. The van der Waals surface area contributed by atoms with Crippen LogP contribution in [0.25, 0.3) is 0 Å². The number of hydrogen-bond donors (Lipinski definition) is 4. The fourth-order valence-corrected chi connectivity index (χ4v) is 4.95. The van der Waals surface area contributed by atoms with E-state index >= 15 is 0 Å². The Morgan fingerprint density at radius 2 is 1.98 bits per heavy atom. The Morgan fingerprint density at radius 3 is 2.66 bits per heavy atom. The Hall–Kier alpha value is -3.99. The number of hydrogen-bond acceptors (Lipinski definition) is 7. The monoisotopic (exact) mass is 609 g/mol. The average molecular weight is 610 g/mol. The molecule has 5 N–H and O–H groups in total. The number of aliphatic hydroxyl groups excluding tert-OH is 1. The van der Waals surface area contributed by atoms with Gasteiger partial charge >= 0.3 is 0 Å². The molecular formula is C33H47N5O6. The van der Waals surface area contributed by atoms with Crippen molar-refractivity contribution in [3.05, 3.63) is 59.4 Å². The molecule has 3 heterocycles. The SMILES string of the molecule is CC(C)(CO)C(N)=O.Cc1ccc2cc1CNC(=O)C(CCc1cccnc1)NC(=O)CCC(=O)N1CCCC(CCO2)C1. The second kappa shape index (κ2) is 16.7. The van der Waals surface area contributed by atoms with Gasteiger partial charge in [0.25, 0.3) is 0 Å². The number of nitrogens with two attached hydrogens (primary N) is 1.